The summed E-state index contributed by atoms with van der Waals surface area (Å²) in [6, 6.07) is 15.9. The molecule has 6 nitrogen and oxygen atoms in total. The molecule has 24 heavy (non-hydrogen) atoms. The first kappa shape index (κ1) is 14.9. The van der Waals surface area contributed by atoms with Crippen LogP contribution in [0.15, 0.2) is 52.9 Å². The van der Waals surface area contributed by atoms with E-state index in [1.807, 2.05) is 43.4 Å². The average Bonchev–Trinajstić information content (AvgIpc) is 3.24. The lowest BCUT2D eigenvalue weighted by Crippen LogP contribution is -2.17. The minimum atomic E-state index is 0.550. The number of hydrogen-bond donors (Lipinski definition) is 0. The molecule has 0 fully saturated rings. The van der Waals surface area contributed by atoms with Crippen LogP contribution in [0, 0.1) is 0 Å². The molecule has 0 aliphatic carbocycles. The lowest BCUT2D eigenvalue weighted by molar-refractivity contribution is 0.283. The van der Waals surface area contributed by atoms with Crippen molar-refractivity contribution in [2.45, 2.75) is 13.1 Å². The van der Waals surface area contributed by atoms with Crippen molar-refractivity contribution in [3.63, 3.8) is 0 Å². The van der Waals surface area contributed by atoms with Gasteiger partial charge in [-0.2, -0.15) is 8.75 Å². The SMILES string of the molecule is CN(Cc1ccc2nsnc2c1)Cc1nnc(-c2ccccc2)o1. The molecule has 0 unspecified atom stereocenters. The number of fused-ring (bicyclic) bond motifs is 1. The van der Waals surface area contributed by atoms with Crippen LogP contribution in [0.3, 0.4) is 0 Å². The van der Waals surface area contributed by atoms with Crippen molar-refractivity contribution in [1.82, 2.24) is 23.8 Å². The van der Waals surface area contributed by atoms with Crippen molar-refractivity contribution in [1.29, 1.82) is 0 Å². The monoisotopic (exact) mass is 337 g/mol. The molecule has 2 heterocycles. The zero-order valence-corrected chi connectivity index (χ0v) is 13.9. The van der Waals surface area contributed by atoms with E-state index in [4.69, 9.17) is 4.42 Å². The van der Waals surface area contributed by atoms with Gasteiger partial charge in [-0.05, 0) is 36.9 Å². The molecule has 0 saturated heterocycles. The predicted molar refractivity (Wildman–Crippen MR) is 92.3 cm³/mol. The number of nitrogens with zero attached hydrogens (tertiary/aromatic N) is 5. The molecule has 4 aromatic rings. The Morgan fingerprint density at radius 1 is 0.958 bits per heavy atom. The lowest BCUT2D eigenvalue weighted by Gasteiger charge is -2.14. The molecule has 0 amide bonds. The van der Waals surface area contributed by atoms with Crippen LogP contribution in [-0.4, -0.2) is 30.9 Å². The Balaban J connectivity index is 1.44. The average molecular weight is 337 g/mol. The Morgan fingerprint density at radius 3 is 2.67 bits per heavy atom. The molecular formula is C17H15N5OS. The number of benzene rings is 2. The molecular weight excluding hydrogens is 322 g/mol. The fourth-order valence-electron chi connectivity index (χ4n) is 2.54. The molecule has 4 rings (SSSR count). The largest absolute Gasteiger partial charge is 0.419 e. The summed E-state index contributed by atoms with van der Waals surface area (Å²) in [5.41, 5.74) is 3.99. The minimum absolute atomic E-state index is 0.550. The van der Waals surface area contributed by atoms with E-state index in [0.29, 0.717) is 18.3 Å². The van der Waals surface area contributed by atoms with Crippen LogP contribution < -0.4 is 0 Å². The molecule has 0 radical (unpaired) electrons. The topological polar surface area (TPSA) is 67.9 Å². The highest BCUT2D eigenvalue weighted by Crippen LogP contribution is 2.18. The van der Waals surface area contributed by atoms with E-state index in [1.165, 1.54) is 17.3 Å². The smallest absolute Gasteiger partial charge is 0.247 e. The van der Waals surface area contributed by atoms with Gasteiger partial charge < -0.3 is 4.42 Å². The fourth-order valence-corrected chi connectivity index (χ4v) is 3.06. The predicted octanol–water partition coefficient (Wildman–Crippen LogP) is 3.37. The second-order valence-electron chi connectivity index (χ2n) is 5.63. The third-order valence-electron chi connectivity index (χ3n) is 3.66. The van der Waals surface area contributed by atoms with Gasteiger partial charge in [-0.3, -0.25) is 4.90 Å². The zero-order chi connectivity index (χ0) is 16.4. The molecule has 0 saturated carbocycles. The Bertz CT molecular complexity index is 950. The quantitative estimate of drug-likeness (QED) is 0.556. The summed E-state index contributed by atoms with van der Waals surface area (Å²) >= 11 is 1.24. The van der Waals surface area contributed by atoms with Gasteiger partial charge in [0.1, 0.15) is 11.0 Å². The van der Waals surface area contributed by atoms with E-state index in [1.54, 1.807) is 0 Å². The van der Waals surface area contributed by atoms with Crippen molar-refractivity contribution in [2.75, 3.05) is 7.05 Å². The van der Waals surface area contributed by atoms with Gasteiger partial charge >= 0.3 is 0 Å². The summed E-state index contributed by atoms with van der Waals surface area (Å²) in [4.78, 5) is 2.13. The molecule has 0 bridgehead atoms. The highest BCUT2D eigenvalue weighted by Gasteiger charge is 2.11. The molecule has 0 aliphatic rings. The lowest BCUT2D eigenvalue weighted by atomic mass is 10.2. The first-order valence-electron chi connectivity index (χ1n) is 7.55. The summed E-state index contributed by atoms with van der Waals surface area (Å²) in [6.45, 7) is 1.36. The zero-order valence-electron chi connectivity index (χ0n) is 13.1. The molecule has 0 aliphatic heterocycles. The van der Waals surface area contributed by atoms with Gasteiger partial charge in [-0.1, -0.05) is 24.3 Å². The molecule has 0 N–H and O–H groups in total. The molecule has 2 aromatic carbocycles. The van der Waals surface area contributed by atoms with Crippen molar-refractivity contribution in [2.24, 2.45) is 0 Å². The molecule has 2 aromatic heterocycles. The maximum atomic E-state index is 5.75. The summed E-state index contributed by atoms with van der Waals surface area (Å²) in [6.07, 6.45) is 0. The van der Waals surface area contributed by atoms with Crippen molar-refractivity contribution in [3.05, 3.63) is 60.0 Å². The van der Waals surface area contributed by atoms with Crippen LogP contribution in [0.4, 0.5) is 0 Å². The number of rotatable bonds is 5. The van der Waals surface area contributed by atoms with Crippen LogP contribution in [0.2, 0.25) is 0 Å². The Hall–Kier alpha value is -2.64. The van der Waals surface area contributed by atoms with E-state index in [9.17, 15) is 0 Å². The second-order valence-corrected chi connectivity index (χ2v) is 6.16. The van der Waals surface area contributed by atoms with Crippen molar-refractivity contribution < 1.29 is 4.42 Å². The van der Waals surface area contributed by atoms with E-state index >= 15 is 0 Å². The van der Waals surface area contributed by atoms with Crippen LogP contribution in [0.5, 0.6) is 0 Å². The Morgan fingerprint density at radius 2 is 1.79 bits per heavy atom. The highest BCUT2D eigenvalue weighted by atomic mass is 32.1. The van der Waals surface area contributed by atoms with Gasteiger partial charge in [-0.15, -0.1) is 10.2 Å². The van der Waals surface area contributed by atoms with E-state index < -0.39 is 0 Å². The van der Waals surface area contributed by atoms with Gasteiger partial charge in [-0.25, -0.2) is 0 Å². The van der Waals surface area contributed by atoms with Gasteiger partial charge in [0, 0.05) is 12.1 Å². The van der Waals surface area contributed by atoms with Crippen LogP contribution in [-0.2, 0) is 13.1 Å². The maximum Gasteiger partial charge on any atom is 0.247 e. The number of aromatic nitrogens is 4. The van der Waals surface area contributed by atoms with E-state index in [2.05, 4.69) is 36.0 Å². The first-order valence-corrected chi connectivity index (χ1v) is 8.28. The van der Waals surface area contributed by atoms with Gasteiger partial charge in [0.05, 0.1) is 18.3 Å². The normalized spacial score (nSPS) is 11.4. The van der Waals surface area contributed by atoms with Crippen LogP contribution in [0.25, 0.3) is 22.5 Å². The summed E-state index contributed by atoms with van der Waals surface area (Å²) in [7, 11) is 2.02. The number of hydrogen-bond acceptors (Lipinski definition) is 7. The van der Waals surface area contributed by atoms with Crippen molar-refractivity contribution >= 4 is 22.8 Å². The van der Waals surface area contributed by atoms with Gasteiger partial charge in [0.15, 0.2) is 0 Å². The molecule has 0 atom stereocenters. The standard InChI is InChI=1S/C17H15N5OS/c1-22(10-12-7-8-14-15(9-12)21-24-20-14)11-16-18-19-17(23-16)13-5-3-2-4-6-13/h2-9H,10-11H2,1H3. The van der Waals surface area contributed by atoms with Crippen LogP contribution >= 0.6 is 11.7 Å². The molecule has 7 heteroatoms. The Labute approximate surface area is 143 Å². The second kappa shape index (κ2) is 6.46. The fraction of sp³-hybridized carbons (Fsp3) is 0.176. The van der Waals surface area contributed by atoms with Gasteiger partial charge in [0.25, 0.3) is 0 Å². The van der Waals surface area contributed by atoms with E-state index in [0.717, 1.165) is 23.1 Å². The summed E-state index contributed by atoms with van der Waals surface area (Å²) in [5.74, 6) is 1.15. The molecule has 0 spiro atoms. The third-order valence-corrected chi connectivity index (χ3v) is 4.22. The minimum Gasteiger partial charge on any atom is -0.419 e. The molecule has 120 valence electrons. The highest BCUT2D eigenvalue weighted by molar-refractivity contribution is 7.00. The Kier molecular flexibility index (Phi) is 4.02. The summed E-state index contributed by atoms with van der Waals surface area (Å²) < 4.78 is 14.3. The maximum absolute atomic E-state index is 5.75. The first-order chi connectivity index (χ1) is 11.8. The van der Waals surface area contributed by atoms with Crippen LogP contribution in [0.1, 0.15) is 11.5 Å². The van der Waals surface area contributed by atoms with E-state index in [-0.39, 0.29) is 0 Å². The van der Waals surface area contributed by atoms with Gasteiger partial charge in [0.2, 0.25) is 11.8 Å². The third kappa shape index (κ3) is 3.17. The summed E-state index contributed by atoms with van der Waals surface area (Å²) in [5, 5.41) is 8.26. The van der Waals surface area contributed by atoms with Crippen molar-refractivity contribution in [3.8, 4) is 11.5 Å².